The molecule has 0 aliphatic heterocycles. The largest absolute Gasteiger partial charge is 0.346 e. The molecule has 0 atom stereocenters. The Kier molecular flexibility index (Phi) is 2.66. The highest BCUT2D eigenvalue weighted by atomic mass is 16.6. The van der Waals surface area contributed by atoms with E-state index < -0.39 is 0 Å². The highest BCUT2D eigenvalue weighted by Crippen LogP contribution is 2.23. The molecule has 0 saturated carbocycles. The van der Waals surface area contributed by atoms with Gasteiger partial charge < -0.3 is 5.32 Å². The van der Waals surface area contributed by atoms with Crippen molar-refractivity contribution in [3.63, 3.8) is 0 Å². The summed E-state index contributed by atoms with van der Waals surface area (Å²) in [5.74, 6) is 0.553. The molecule has 90 valence electrons. The van der Waals surface area contributed by atoms with Crippen molar-refractivity contribution in [2.24, 2.45) is 0 Å². The topological polar surface area (TPSA) is 94.6 Å². The van der Waals surface area contributed by atoms with Crippen LogP contribution in [0.15, 0.2) is 41.3 Å². The molecule has 0 spiro atoms. The van der Waals surface area contributed by atoms with Crippen LogP contribution in [0.1, 0.15) is 0 Å². The van der Waals surface area contributed by atoms with Crippen LogP contribution in [0, 0.1) is 0 Å². The zero-order valence-corrected chi connectivity index (χ0v) is 9.26. The molecule has 0 saturated heterocycles. The van der Waals surface area contributed by atoms with Crippen LogP contribution in [0.25, 0.3) is 11.3 Å². The normalized spacial score (nSPS) is 10.4. The zero-order valence-electron chi connectivity index (χ0n) is 9.26. The minimum Gasteiger partial charge on any atom is -0.346 e. The lowest BCUT2D eigenvalue weighted by Gasteiger charge is -2.02. The van der Waals surface area contributed by atoms with Gasteiger partial charge in [0.1, 0.15) is 13.0 Å². The molecular formula is C10H9N7O. The Hall–Kier alpha value is -2.77. The lowest BCUT2D eigenvalue weighted by atomic mass is 10.1. The molecule has 3 aromatic rings. The zero-order chi connectivity index (χ0) is 12.2. The van der Waals surface area contributed by atoms with Gasteiger partial charge in [0.25, 0.3) is 0 Å². The maximum Gasteiger partial charge on any atom is 0.200 e. The number of hydrogen-bond acceptors (Lipinski definition) is 7. The summed E-state index contributed by atoms with van der Waals surface area (Å²) in [6.07, 6.45) is 1.50. The van der Waals surface area contributed by atoms with Gasteiger partial charge in [-0.05, 0) is 20.7 Å². The van der Waals surface area contributed by atoms with E-state index in [0.29, 0.717) is 18.2 Å². The first kappa shape index (κ1) is 10.4. The van der Waals surface area contributed by atoms with Crippen LogP contribution in [-0.4, -0.2) is 30.5 Å². The first-order chi connectivity index (χ1) is 8.93. The van der Waals surface area contributed by atoms with Crippen LogP contribution in [-0.2, 0) is 6.67 Å². The fourth-order valence-corrected chi connectivity index (χ4v) is 1.50. The highest BCUT2D eigenvalue weighted by Gasteiger charge is 2.11. The highest BCUT2D eigenvalue weighted by molar-refractivity contribution is 5.70. The summed E-state index contributed by atoms with van der Waals surface area (Å²) in [5.41, 5.74) is 1.58. The van der Waals surface area contributed by atoms with E-state index in [2.05, 4.69) is 31.2 Å². The summed E-state index contributed by atoms with van der Waals surface area (Å²) >= 11 is 0. The molecule has 0 aliphatic rings. The third-order valence-corrected chi connectivity index (χ3v) is 2.34. The van der Waals surface area contributed by atoms with Gasteiger partial charge >= 0.3 is 0 Å². The fraction of sp³-hybridized carbons (Fsp3) is 0.100. The Morgan fingerprint density at radius 1 is 1.17 bits per heavy atom. The van der Waals surface area contributed by atoms with Gasteiger partial charge in [0, 0.05) is 5.56 Å². The number of nitrogens with one attached hydrogen (secondary N) is 1. The molecule has 8 heteroatoms. The molecular weight excluding hydrogens is 234 g/mol. The van der Waals surface area contributed by atoms with E-state index in [4.69, 9.17) is 4.63 Å². The van der Waals surface area contributed by atoms with Crippen molar-refractivity contribution in [2.45, 2.75) is 6.67 Å². The van der Waals surface area contributed by atoms with E-state index in [-0.39, 0.29) is 0 Å². The molecule has 2 aromatic heterocycles. The fourth-order valence-electron chi connectivity index (χ4n) is 1.50. The number of rotatable bonds is 4. The number of aromatic nitrogens is 6. The molecule has 0 unspecified atom stereocenters. The Morgan fingerprint density at radius 2 is 2.06 bits per heavy atom. The van der Waals surface area contributed by atoms with Gasteiger partial charge in [-0.25, -0.2) is 9.31 Å². The van der Waals surface area contributed by atoms with E-state index in [1.807, 2.05) is 30.3 Å². The van der Waals surface area contributed by atoms with Crippen molar-refractivity contribution in [1.82, 2.24) is 30.5 Å². The van der Waals surface area contributed by atoms with Crippen molar-refractivity contribution >= 4 is 5.82 Å². The minimum atomic E-state index is 0.390. The Balaban J connectivity index is 1.80. The molecule has 3 rings (SSSR count). The first-order valence-corrected chi connectivity index (χ1v) is 5.26. The third kappa shape index (κ3) is 2.03. The van der Waals surface area contributed by atoms with Crippen molar-refractivity contribution < 1.29 is 4.63 Å². The average Bonchev–Trinajstić information content (AvgIpc) is 3.09. The molecule has 18 heavy (non-hydrogen) atoms. The van der Waals surface area contributed by atoms with Crippen LogP contribution in [0.2, 0.25) is 0 Å². The standard InChI is InChI=1S/C10H9N7O/c1-2-4-8(5-3-1)9-10(14-18-13-9)11-6-17-7-12-15-16-17/h1-5,7H,6H2,(H,11,14). The summed E-state index contributed by atoms with van der Waals surface area (Å²) in [6.45, 7) is 0.390. The van der Waals surface area contributed by atoms with E-state index >= 15 is 0 Å². The molecule has 0 radical (unpaired) electrons. The predicted octanol–water partition coefficient (Wildman–Crippen LogP) is 0.793. The van der Waals surface area contributed by atoms with Gasteiger partial charge in [0.15, 0.2) is 11.5 Å². The van der Waals surface area contributed by atoms with Crippen LogP contribution in [0.3, 0.4) is 0 Å². The van der Waals surface area contributed by atoms with Gasteiger partial charge in [0.2, 0.25) is 0 Å². The van der Waals surface area contributed by atoms with Gasteiger partial charge in [-0.3, -0.25) is 0 Å². The van der Waals surface area contributed by atoms with E-state index in [9.17, 15) is 0 Å². The second-order valence-electron chi connectivity index (χ2n) is 3.51. The molecule has 0 amide bonds. The molecule has 8 nitrogen and oxygen atoms in total. The number of anilines is 1. The maximum atomic E-state index is 4.75. The van der Waals surface area contributed by atoms with E-state index in [1.165, 1.54) is 11.0 Å². The summed E-state index contributed by atoms with van der Waals surface area (Å²) < 4.78 is 6.28. The van der Waals surface area contributed by atoms with E-state index in [0.717, 1.165) is 5.56 Å². The Bertz CT molecular complexity index is 604. The lowest BCUT2D eigenvalue weighted by molar-refractivity contribution is 0.309. The summed E-state index contributed by atoms with van der Waals surface area (Å²) in [6, 6.07) is 9.65. The van der Waals surface area contributed by atoms with Crippen molar-refractivity contribution in [3.05, 3.63) is 36.7 Å². The summed E-state index contributed by atoms with van der Waals surface area (Å²) in [4.78, 5) is 0. The van der Waals surface area contributed by atoms with Gasteiger partial charge in [-0.15, -0.1) is 5.10 Å². The van der Waals surface area contributed by atoms with E-state index in [1.54, 1.807) is 0 Å². The summed E-state index contributed by atoms with van der Waals surface area (Å²) in [5, 5.41) is 21.5. The minimum absolute atomic E-state index is 0.390. The monoisotopic (exact) mass is 243 g/mol. The Morgan fingerprint density at radius 3 is 2.83 bits per heavy atom. The SMILES string of the molecule is c1ccc(-c2nonc2NCn2cnnn2)cc1. The molecule has 0 fully saturated rings. The van der Waals surface area contributed by atoms with Gasteiger partial charge in [-0.1, -0.05) is 30.3 Å². The third-order valence-electron chi connectivity index (χ3n) is 2.34. The second-order valence-corrected chi connectivity index (χ2v) is 3.51. The van der Waals surface area contributed by atoms with Crippen LogP contribution in [0.4, 0.5) is 5.82 Å². The second kappa shape index (κ2) is 4.62. The van der Waals surface area contributed by atoms with Crippen molar-refractivity contribution in [3.8, 4) is 11.3 Å². The molecule has 0 aliphatic carbocycles. The lowest BCUT2D eigenvalue weighted by Crippen LogP contribution is -2.09. The van der Waals surface area contributed by atoms with Crippen molar-refractivity contribution in [2.75, 3.05) is 5.32 Å². The first-order valence-electron chi connectivity index (χ1n) is 5.26. The molecule has 1 N–H and O–H groups in total. The molecule has 2 heterocycles. The van der Waals surface area contributed by atoms with Crippen LogP contribution >= 0.6 is 0 Å². The number of benzene rings is 1. The van der Waals surface area contributed by atoms with Crippen molar-refractivity contribution in [1.29, 1.82) is 0 Å². The van der Waals surface area contributed by atoms with Gasteiger partial charge in [0.05, 0.1) is 0 Å². The quantitative estimate of drug-likeness (QED) is 0.723. The number of hydrogen-bond donors (Lipinski definition) is 1. The molecule has 1 aromatic carbocycles. The van der Waals surface area contributed by atoms with Gasteiger partial charge in [-0.2, -0.15) is 0 Å². The predicted molar refractivity (Wildman–Crippen MR) is 61.2 cm³/mol. The van der Waals surface area contributed by atoms with Crippen LogP contribution < -0.4 is 5.32 Å². The number of tetrazole rings is 1. The van der Waals surface area contributed by atoms with Crippen LogP contribution in [0.5, 0.6) is 0 Å². The smallest absolute Gasteiger partial charge is 0.200 e. The average molecular weight is 243 g/mol. The summed E-state index contributed by atoms with van der Waals surface area (Å²) in [7, 11) is 0. The maximum absolute atomic E-state index is 4.75. The Labute approximate surface area is 102 Å². The molecule has 0 bridgehead atoms. The number of nitrogens with zero attached hydrogens (tertiary/aromatic N) is 6.